The molecule has 3 aromatic carbocycles. The topological polar surface area (TPSA) is 60.9 Å². The van der Waals surface area contributed by atoms with Crippen molar-refractivity contribution >= 4 is 21.6 Å². The monoisotopic (exact) mass is 449 g/mol. The van der Waals surface area contributed by atoms with Gasteiger partial charge < -0.3 is 9.80 Å². The summed E-state index contributed by atoms with van der Waals surface area (Å²) in [6.07, 6.45) is 0. The molecule has 6 nitrogen and oxygen atoms in total. The van der Waals surface area contributed by atoms with Crippen LogP contribution in [0.4, 0.5) is 5.69 Å². The van der Waals surface area contributed by atoms with Gasteiger partial charge in [0.25, 0.3) is 5.91 Å². The number of carbonyl (C=O) groups excluding carboxylic acids is 1. The van der Waals surface area contributed by atoms with E-state index in [1.807, 2.05) is 35.2 Å². The number of piperazine rings is 1. The zero-order valence-corrected chi connectivity index (χ0v) is 18.9. The molecule has 0 aliphatic carbocycles. The number of hydrogen-bond donors (Lipinski definition) is 0. The second-order valence-corrected chi connectivity index (χ2v) is 9.93. The highest BCUT2D eigenvalue weighted by atomic mass is 32.2. The Kier molecular flexibility index (Phi) is 6.58. The quantitative estimate of drug-likeness (QED) is 0.578. The minimum Gasteiger partial charge on any atom is -0.368 e. The summed E-state index contributed by atoms with van der Waals surface area (Å²) >= 11 is 0. The molecule has 0 N–H and O–H groups in total. The van der Waals surface area contributed by atoms with Crippen molar-refractivity contribution in [1.29, 1.82) is 0 Å². The lowest BCUT2D eigenvalue weighted by molar-refractivity contribution is 0.0746. The molecule has 4 rings (SSSR count). The van der Waals surface area contributed by atoms with Gasteiger partial charge in [-0.2, -0.15) is 4.31 Å². The van der Waals surface area contributed by atoms with Crippen LogP contribution < -0.4 is 4.90 Å². The molecule has 7 heteroatoms. The molecule has 0 unspecified atom stereocenters. The number of rotatable bonds is 6. The van der Waals surface area contributed by atoms with Crippen LogP contribution in [-0.4, -0.2) is 56.8 Å². The van der Waals surface area contributed by atoms with Crippen molar-refractivity contribution in [1.82, 2.24) is 9.21 Å². The van der Waals surface area contributed by atoms with Crippen LogP contribution in [0, 0.1) is 0 Å². The fraction of sp³-hybridized carbons (Fsp3) is 0.240. The van der Waals surface area contributed by atoms with Crippen LogP contribution in [0.2, 0.25) is 0 Å². The van der Waals surface area contributed by atoms with Crippen molar-refractivity contribution in [2.45, 2.75) is 11.4 Å². The molecule has 1 aliphatic heterocycles. The van der Waals surface area contributed by atoms with E-state index in [4.69, 9.17) is 0 Å². The fourth-order valence-corrected chi connectivity index (χ4v) is 5.04. The predicted octanol–water partition coefficient (Wildman–Crippen LogP) is 3.47. The first-order valence-corrected chi connectivity index (χ1v) is 12.1. The van der Waals surface area contributed by atoms with Crippen LogP contribution in [0.1, 0.15) is 15.9 Å². The number of para-hydroxylation sites is 1. The van der Waals surface area contributed by atoms with Gasteiger partial charge in [0.15, 0.2) is 0 Å². The summed E-state index contributed by atoms with van der Waals surface area (Å²) in [7, 11) is -1.99. The van der Waals surface area contributed by atoms with Gasteiger partial charge in [-0.3, -0.25) is 4.79 Å². The van der Waals surface area contributed by atoms with E-state index >= 15 is 0 Å². The Morgan fingerprint density at radius 2 is 1.38 bits per heavy atom. The fourth-order valence-electron chi connectivity index (χ4n) is 3.86. The van der Waals surface area contributed by atoms with Gasteiger partial charge in [-0.05, 0) is 42.0 Å². The minimum atomic E-state index is -3.56. The summed E-state index contributed by atoms with van der Waals surface area (Å²) in [6.45, 7) is 3.19. The molecule has 1 fully saturated rings. The third-order valence-electron chi connectivity index (χ3n) is 5.75. The van der Waals surface area contributed by atoms with Crippen molar-refractivity contribution in [2.24, 2.45) is 0 Å². The van der Waals surface area contributed by atoms with Crippen molar-refractivity contribution in [3.05, 3.63) is 96.1 Å². The average molecular weight is 450 g/mol. The zero-order valence-electron chi connectivity index (χ0n) is 18.1. The van der Waals surface area contributed by atoms with Crippen LogP contribution in [0.5, 0.6) is 0 Å². The molecule has 0 aromatic heterocycles. The van der Waals surface area contributed by atoms with Crippen molar-refractivity contribution < 1.29 is 13.2 Å². The Morgan fingerprint density at radius 3 is 1.97 bits per heavy atom. The summed E-state index contributed by atoms with van der Waals surface area (Å²) < 4.78 is 26.7. The molecule has 0 radical (unpaired) electrons. The second-order valence-electron chi connectivity index (χ2n) is 7.89. The van der Waals surface area contributed by atoms with Crippen LogP contribution in [0.25, 0.3) is 0 Å². The maximum absolute atomic E-state index is 12.9. The number of benzene rings is 3. The smallest absolute Gasteiger partial charge is 0.253 e. The van der Waals surface area contributed by atoms with Gasteiger partial charge in [0.1, 0.15) is 0 Å². The first-order valence-electron chi connectivity index (χ1n) is 10.6. The molecule has 3 aromatic rings. The van der Waals surface area contributed by atoms with Gasteiger partial charge in [0, 0.05) is 51.0 Å². The van der Waals surface area contributed by atoms with E-state index in [-0.39, 0.29) is 17.3 Å². The van der Waals surface area contributed by atoms with E-state index in [2.05, 4.69) is 17.0 Å². The van der Waals surface area contributed by atoms with Crippen LogP contribution in [0.3, 0.4) is 0 Å². The molecular formula is C25H27N3O3S. The van der Waals surface area contributed by atoms with Gasteiger partial charge in [0.05, 0.1) is 4.90 Å². The van der Waals surface area contributed by atoms with Crippen LogP contribution >= 0.6 is 0 Å². The highest BCUT2D eigenvalue weighted by Crippen LogP contribution is 2.19. The summed E-state index contributed by atoms with van der Waals surface area (Å²) in [5.74, 6) is 0.00882. The number of sulfonamides is 1. The number of carbonyl (C=O) groups is 1. The van der Waals surface area contributed by atoms with Gasteiger partial charge in [-0.25, -0.2) is 8.42 Å². The van der Waals surface area contributed by atoms with Crippen LogP contribution in [0.15, 0.2) is 89.8 Å². The summed E-state index contributed by atoms with van der Waals surface area (Å²) in [6, 6.07) is 25.8. The summed E-state index contributed by atoms with van der Waals surface area (Å²) in [5.41, 5.74) is 2.63. The highest BCUT2D eigenvalue weighted by Gasteiger charge is 2.23. The molecule has 0 spiro atoms. The molecule has 0 saturated carbocycles. The van der Waals surface area contributed by atoms with E-state index < -0.39 is 10.0 Å². The van der Waals surface area contributed by atoms with E-state index in [0.717, 1.165) is 18.7 Å². The first-order chi connectivity index (χ1) is 15.4. The maximum Gasteiger partial charge on any atom is 0.253 e. The van der Waals surface area contributed by atoms with Crippen molar-refractivity contribution in [3.8, 4) is 0 Å². The normalized spacial score (nSPS) is 14.6. The number of amides is 1. The molecule has 32 heavy (non-hydrogen) atoms. The van der Waals surface area contributed by atoms with E-state index in [1.54, 1.807) is 49.5 Å². The number of anilines is 1. The largest absolute Gasteiger partial charge is 0.368 e. The Bertz CT molecular complexity index is 1140. The second kappa shape index (κ2) is 9.54. The molecule has 0 bridgehead atoms. The molecule has 1 amide bonds. The van der Waals surface area contributed by atoms with Crippen molar-refractivity contribution in [3.63, 3.8) is 0 Å². The molecule has 1 heterocycles. The highest BCUT2D eigenvalue weighted by molar-refractivity contribution is 7.89. The van der Waals surface area contributed by atoms with Gasteiger partial charge in [-0.1, -0.05) is 48.5 Å². The molecule has 166 valence electrons. The SMILES string of the molecule is CN(Cc1ccc(C(=O)N2CCN(c3ccccc3)CC2)cc1)S(=O)(=O)c1ccccc1. The lowest BCUT2D eigenvalue weighted by atomic mass is 10.1. The summed E-state index contributed by atoms with van der Waals surface area (Å²) in [5, 5.41) is 0. The molecular weight excluding hydrogens is 422 g/mol. The Morgan fingerprint density at radius 1 is 0.812 bits per heavy atom. The third kappa shape index (κ3) is 4.84. The van der Waals surface area contributed by atoms with E-state index in [1.165, 1.54) is 9.99 Å². The minimum absolute atomic E-state index is 0.00882. The number of hydrogen-bond acceptors (Lipinski definition) is 4. The predicted molar refractivity (Wildman–Crippen MR) is 126 cm³/mol. The Balaban J connectivity index is 1.36. The van der Waals surface area contributed by atoms with Gasteiger partial charge in [0.2, 0.25) is 10.0 Å². The third-order valence-corrected chi connectivity index (χ3v) is 7.56. The zero-order chi connectivity index (χ0) is 22.6. The Hall–Kier alpha value is -3.16. The van der Waals surface area contributed by atoms with Crippen molar-refractivity contribution in [2.75, 3.05) is 38.1 Å². The summed E-state index contributed by atoms with van der Waals surface area (Å²) in [4.78, 5) is 17.4. The standard InChI is InChI=1S/C25H27N3O3S/c1-26(32(30,31)24-10-6-3-7-11-24)20-21-12-14-22(15-13-21)25(29)28-18-16-27(17-19-28)23-8-4-2-5-9-23/h2-15H,16-20H2,1H3. The molecule has 1 aliphatic rings. The van der Waals surface area contributed by atoms with Crippen LogP contribution in [-0.2, 0) is 16.6 Å². The van der Waals surface area contributed by atoms with Gasteiger partial charge in [-0.15, -0.1) is 0 Å². The Labute approximate surface area is 189 Å². The van der Waals surface area contributed by atoms with E-state index in [9.17, 15) is 13.2 Å². The average Bonchev–Trinajstić information content (AvgIpc) is 2.85. The van der Waals surface area contributed by atoms with E-state index in [0.29, 0.717) is 18.7 Å². The number of nitrogens with zero attached hydrogens (tertiary/aromatic N) is 3. The lowest BCUT2D eigenvalue weighted by Crippen LogP contribution is -2.48. The first kappa shape index (κ1) is 22.0. The van der Waals surface area contributed by atoms with Gasteiger partial charge >= 0.3 is 0 Å². The maximum atomic E-state index is 12.9. The molecule has 0 atom stereocenters. The lowest BCUT2D eigenvalue weighted by Gasteiger charge is -2.36. The molecule has 1 saturated heterocycles.